The maximum atomic E-state index is 14.4. The minimum absolute atomic E-state index is 0.240. The Morgan fingerprint density at radius 3 is 2.64 bits per heavy atom. The summed E-state index contributed by atoms with van der Waals surface area (Å²) in [7, 11) is 0. The van der Waals surface area contributed by atoms with Gasteiger partial charge < -0.3 is 0 Å². The largest absolute Gasteiger partial charge is 0.245 e. The SMILES string of the molecule is N#Cc1ccc([C@]23CC[C@H](CC2)c2cc(-c4c(F)cccc4Cl)nnc23)cn1. The van der Waals surface area contributed by atoms with E-state index in [-0.39, 0.29) is 5.41 Å². The van der Waals surface area contributed by atoms with Gasteiger partial charge in [0, 0.05) is 11.6 Å². The Bertz CT molecular complexity index is 1090. The van der Waals surface area contributed by atoms with Crippen LogP contribution in [0.15, 0.2) is 42.6 Å². The van der Waals surface area contributed by atoms with Crippen molar-refractivity contribution >= 4 is 11.6 Å². The van der Waals surface area contributed by atoms with Gasteiger partial charge in [0.15, 0.2) is 0 Å². The highest BCUT2D eigenvalue weighted by Crippen LogP contribution is 2.55. The van der Waals surface area contributed by atoms with E-state index < -0.39 is 5.82 Å². The fourth-order valence-corrected chi connectivity index (χ4v) is 5.04. The first kappa shape index (κ1) is 17.3. The third-order valence-electron chi connectivity index (χ3n) is 6.21. The Kier molecular flexibility index (Phi) is 3.92. The van der Waals surface area contributed by atoms with Crippen LogP contribution in [0, 0.1) is 17.1 Å². The molecule has 0 atom stereocenters. The molecule has 138 valence electrons. The number of benzene rings is 1. The van der Waals surface area contributed by atoms with E-state index in [4.69, 9.17) is 16.9 Å². The number of hydrogen-bond acceptors (Lipinski definition) is 4. The molecule has 0 spiro atoms. The van der Waals surface area contributed by atoms with Gasteiger partial charge in [0.25, 0.3) is 0 Å². The van der Waals surface area contributed by atoms with E-state index in [1.54, 1.807) is 24.4 Å². The molecular weight excluding hydrogens is 375 g/mol. The minimum Gasteiger partial charge on any atom is -0.245 e. The molecule has 0 unspecified atom stereocenters. The molecule has 1 fully saturated rings. The summed E-state index contributed by atoms with van der Waals surface area (Å²) in [5.74, 6) is 0.0109. The zero-order valence-electron chi connectivity index (χ0n) is 15.0. The molecule has 2 bridgehead atoms. The number of fused-ring (bicyclic) bond motifs is 2. The zero-order valence-corrected chi connectivity index (χ0v) is 15.7. The maximum Gasteiger partial charge on any atom is 0.140 e. The van der Waals surface area contributed by atoms with Crippen LogP contribution in [0.2, 0.25) is 5.02 Å². The lowest BCUT2D eigenvalue weighted by Crippen LogP contribution is -2.40. The van der Waals surface area contributed by atoms with Crippen molar-refractivity contribution in [1.29, 1.82) is 5.26 Å². The lowest BCUT2D eigenvalue weighted by Gasteiger charge is -2.46. The van der Waals surface area contributed by atoms with Crippen LogP contribution in [0.1, 0.15) is 54.1 Å². The summed E-state index contributed by atoms with van der Waals surface area (Å²) in [6, 6.07) is 12.4. The van der Waals surface area contributed by atoms with E-state index in [9.17, 15) is 4.39 Å². The molecule has 0 N–H and O–H groups in total. The third kappa shape index (κ3) is 2.45. The normalized spacial score (nSPS) is 22.5. The molecule has 3 aliphatic carbocycles. The van der Waals surface area contributed by atoms with Crippen molar-refractivity contribution < 1.29 is 4.39 Å². The second-order valence-corrected chi connectivity index (χ2v) is 7.94. The Morgan fingerprint density at radius 2 is 1.96 bits per heavy atom. The quantitative estimate of drug-likeness (QED) is 0.606. The van der Waals surface area contributed by atoms with Gasteiger partial charge >= 0.3 is 0 Å². The number of aromatic nitrogens is 3. The molecular formula is C22H16ClFN4. The molecule has 0 aliphatic heterocycles. The van der Waals surface area contributed by atoms with Gasteiger partial charge in [-0.05, 0) is 67.0 Å². The smallest absolute Gasteiger partial charge is 0.140 e. The van der Waals surface area contributed by atoms with E-state index in [1.807, 2.05) is 12.1 Å². The van der Waals surface area contributed by atoms with Gasteiger partial charge in [0.1, 0.15) is 17.6 Å². The summed E-state index contributed by atoms with van der Waals surface area (Å²) >= 11 is 6.24. The summed E-state index contributed by atoms with van der Waals surface area (Å²) in [5, 5.41) is 18.3. The lowest BCUT2D eigenvalue weighted by molar-refractivity contribution is 0.268. The fraction of sp³-hybridized carbons (Fsp3) is 0.273. The number of halogens is 2. The monoisotopic (exact) mass is 390 g/mol. The molecule has 28 heavy (non-hydrogen) atoms. The molecule has 0 radical (unpaired) electrons. The highest BCUT2D eigenvalue weighted by molar-refractivity contribution is 6.33. The average Bonchev–Trinajstić information content (AvgIpc) is 2.74. The van der Waals surface area contributed by atoms with Crippen molar-refractivity contribution in [2.75, 3.05) is 0 Å². The van der Waals surface area contributed by atoms with Crippen LogP contribution in [0.5, 0.6) is 0 Å². The van der Waals surface area contributed by atoms with E-state index in [2.05, 4.69) is 21.3 Å². The van der Waals surface area contributed by atoms with E-state index >= 15 is 0 Å². The number of rotatable bonds is 2. The van der Waals surface area contributed by atoms with Gasteiger partial charge in [0.2, 0.25) is 0 Å². The molecule has 6 heteroatoms. The van der Waals surface area contributed by atoms with Crippen molar-refractivity contribution in [2.24, 2.45) is 0 Å². The van der Waals surface area contributed by atoms with Crippen LogP contribution in [0.25, 0.3) is 11.3 Å². The molecule has 1 saturated carbocycles. The van der Waals surface area contributed by atoms with E-state index in [1.165, 1.54) is 6.07 Å². The standard InChI is InChI=1S/C22H16ClFN4/c23-17-2-1-3-18(24)20(17)19-10-16-13-6-8-22(9-7-13,21(16)28-27-19)14-4-5-15(11-25)26-12-14/h1-5,10,12-13H,6-9H2/t13-,22+. The number of hydrogen-bond donors (Lipinski definition) is 0. The molecule has 1 aromatic carbocycles. The van der Waals surface area contributed by atoms with Crippen LogP contribution < -0.4 is 0 Å². The predicted octanol–water partition coefficient (Wildman–Crippen LogP) is 5.16. The number of nitrogens with zero attached hydrogens (tertiary/aromatic N) is 4. The van der Waals surface area contributed by atoms with E-state index in [0.29, 0.717) is 27.9 Å². The summed E-state index contributed by atoms with van der Waals surface area (Å²) in [4.78, 5) is 4.27. The maximum absolute atomic E-state index is 14.4. The third-order valence-corrected chi connectivity index (χ3v) is 6.52. The van der Waals surface area contributed by atoms with Crippen molar-refractivity contribution in [3.05, 3.63) is 75.9 Å². The highest BCUT2D eigenvalue weighted by atomic mass is 35.5. The lowest BCUT2D eigenvalue weighted by atomic mass is 9.57. The average molecular weight is 391 g/mol. The number of nitriles is 1. The Hall–Kier alpha value is -2.84. The Morgan fingerprint density at radius 1 is 1.14 bits per heavy atom. The molecule has 4 nitrogen and oxygen atoms in total. The van der Waals surface area contributed by atoms with Gasteiger partial charge in [-0.25, -0.2) is 9.37 Å². The van der Waals surface area contributed by atoms with Gasteiger partial charge in [-0.1, -0.05) is 23.7 Å². The summed E-state index contributed by atoms with van der Waals surface area (Å²) in [6.45, 7) is 0. The first-order valence-corrected chi connectivity index (χ1v) is 9.69. The predicted molar refractivity (Wildman–Crippen MR) is 103 cm³/mol. The second-order valence-electron chi connectivity index (χ2n) is 7.53. The Labute approximate surface area is 167 Å². The Balaban J connectivity index is 1.66. The van der Waals surface area contributed by atoms with Crippen molar-refractivity contribution in [1.82, 2.24) is 15.2 Å². The molecule has 3 aromatic rings. The first-order chi connectivity index (χ1) is 13.6. The van der Waals surface area contributed by atoms with Crippen molar-refractivity contribution in [3.8, 4) is 17.3 Å². The molecule has 2 aromatic heterocycles. The first-order valence-electron chi connectivity index (χ1n) is 9.31. The van der Waals surface area contributed by atoms with Crippen LogP contribution >= 0.6 is 11.6 Å². The highest BCUT2D eigenvalue weighted by Gasteiger charge is 2.47. The molecule has 6 rings (SSSR count). The fourth-order valence-electron chi connectivity index (χ4n) is 4.78. The van der Waals surface area contributed by atoms with Crippen LogP contribution in [0.4, 0.5) is 4.39 Å². The van der Waals surface area contributed by atoms with Crippen molar-refractivity contribution in [3.63, 3.8) is 0 Å². The number of pyridine rings is 1. The van der Waals surface area contributed by atoms with Crippen LogP contribution in [0.3, 0.4) is 0 Å². The second kappa shape index (κ2) is 6.35. The molecule has 0 saturated heterocycles. The minimum atomic E-state index is -0.395. The van der Waals surface area contributed by atoms with Crippen LogP contribution in [-0.2, 0) is 5.41 Å². The summed E-state index contributed by atoms with van der Waals surface area (Å²) in [6.07, 6.45) is 5.84. The topological polar surface area (TPSA) is 62.5 Å². The van der Waals surface area contributed by atoms with Gasteiger partial charge in [-0.2, -0.15) is 15.5 Å². The van der Waals surface area contributed by atoms with Gasteiger partial charge in [-0.15, -0.1) is 0 Å². The molecule has 2 heterocycles. The van der Waals surface area contributed by atoms with E-state index in [0.717, 1.165) is 42.5 Å². The summed E-state index contributed by atoms with van der Waals surface area (Å²) < 4.78 is 14.4. The van der Waals surface area contributed by atoms with Gasteiger partial charge in [0.05, 0.1) is 22.0 Å². The van der Waals surface area contributed by atoms with Gasteiger partial charge in [-0.3, -0.25) is 0 Å². The molecule has 3 aliphatic rings. The van der Waals surface area contributed by atoms with Crippen LogP contribution in [-0.4, -0.2) is 15.2 Å². The zero-order chi connectivity index (χ0) is 19.3. The molecule has 0 amide bonds. The van der Waals surface area contributed by atoms with Crippen molar-refractivity contribution in [2.45, 2.75) is 37.0 Å². The summed E-state index contributed by atoms with van der Waals surface area (Å²) in [5.41, 5.74) is 4.09.